The molecule has 0 aliphatic rings. The van der Waals surface area contributed by atoms with Crippen LogP contribution in [0, 0.1) is 5.82 Å². The molecule has 2 aromatic heterocycles. The largest absolute Gasteiger partial charge is 0.343 e. The maximum Gasteiger partial charge on any atom is 0.271 e. The number of hydrogen-bond acceptors (Lipinski definition) is 4. The molecule has 0 aliphatic carbocycles. The molecule has 0 fully saturated rings. The molecule has 4 rings (SSSR count). The van der Waals surface area contributed by atoms with E-state index in [0.717, 1.165) is 16.2 Å². The van der Waals surface area contributed by atoms with E-state index in [0.29, 0.717) is 16.9 Å². The number of thiazole rings is 1. The van der Waals surface area contributed by atoms with Gasteiger partial charge >= 0.3 is 0 Å². The van der Waals surface area contributed by atoms with Gasteiger partial charge in [0.05, 0.1) is 5.69 Å². The summed E-state index contributed by atoms with van der Waals surface area (Å²) in [7, 11) is 3.42. The number of imidazole rings is 1. The van der Waals surface area contributed by atoms with E-state index in [2.05, 4.69) is 10.3 Å². The second-order valence-electron chi connectivity index (χ2n) is 6.64. The van der Waals surface area contributed by atoms with Crippen molar-refractivity contribution >= 4 is 33.8 Å². The van der Waals surface area contributed by atoms with E-state index >= 15 is 0 Å². The number of hydrogen-bond donors (Lipinski definition) is 1. The Balaban J connectivity index is 1.54. The number of nitrogens with one attached hydrogen (secondary N) is 1. The monoisotopic (exact) mass is 408 g/mol. The van der Waals surface area contributed by atoms with Crippen molar-refractivity contribution in [2.75, 3.05) is 19.4 Å². The van der Waals surface area contributed by atoms with E-state index in [-0.39, 0.29) is 17.6 Å². The van der Waals surface area contributed by atoms with Crippen molar-refractivity contribution in [1.29, 1.82) is 0 Å². The third kappa shape index (κ3) is 3.74. The van der Waals surface area contributed by atoms with Gasteiger partial charge in [-0.15, -0.1) is 11.3 Å². The van der Waals surface area contributed by atoms with Crippen LogP contribution in [0.2, 0.25) is 0 Å². The highest BCUT2D eigenvalue weighted by molar-refractivity contribution is 7.15. The molecule has 0 atom stereocenters. The fraction of sp³-hybridized carbons (Fsp3) is 0.0952. The molecule has 4 aromatic rings. The fourth-order valence-electron chi connectivity index (χ4n) is 2.83. The molecule has 0 unspecified atom stereocenters. The van der Waals surface area contributed by atoms with Crippen LogP contribution in [0.15, 0.2) is 60.1 Å². The van der Waals surface area contributed by atoms with E-state index in [1.54, 1.807) is 36.0 Å². The van der Waals surface area contributed by atoms with Gasteiger partial charge in [0.25, 0.3) is 11.8 Å². The number of benzene rings is 2. The van der Waals surface area contributed by atoms with Gasteiger partial charge in [0.15, 0.2) is 4.96 Å². The molecule has 0 saturated carbocycles. The number of carbonyl (C=O) groups excluding carboxylic acids is 2. The molecule has 146 valence electrons. The number of rotatable bonds is 4. The van der Waals surface area contributed by atoms with E-state index in [1.807, 2.05) is 18.3 Å². The average Bonchev–Trinajstić information content (AvgIpc) is 3.29. The Labute approximate surface area is 170 Å². The smallest absolute Gasteiger partial charge is 0.271 e. The quantitative estimate of drug-likeness (QED) is 0.552. The summed E-state index contributed by atoms with van der Waals surface area (Å²) >= 11 is 1.41. The first-order valence-corrected chi connectivity index (χ1v) is 9.66. The average molecular weight is 408 g/mol. The van der Waals surface area contributed by atoms with Crippen LogP contribution < -0.4 is 5.32 Å². The minimum Gasteiger partial charge on any atom is -0.343 e. The summed E-state index contributed by atoms with van der Waals surface area (Å²) in [6.07, 6.45) is 1.83. The maximum atomic E-state index is 13.0. The van der Waals surface area contributed by atoms with Gasteiger partial charge in [-0.1, -0.05) is 12.1 Å². The number of fused-ring (bicyclic) bond motifs is 1. The Morgan fingerprint density at radius 2 is 1.76 bits per heavy atom. The van der Waals surface area contributed by atoms with Crippen LogP contribution in [0.5, 0.6) is 0 Å². The standard InChI is InChI=1S/C21H17FN4O2S/c1-25(2)20(28)18-12-29-21-24-17(11-26(18)21)13-5-9-16(10-6-13)23-19(27)14-3-7-15(22)8-4-14/h3-12H,1-2H3,(H,23,27). The first-order valence-electron chi connectivity index (χ1n) is 8.78. The fourth-order valence-corrected chi connectivity index (χ4v) is 3.68. The summed E-state index contributed by atoms with van der Waals surface area (Å²) in [6, 6.07) is 12.6. The lowest BCUT2D eigenvalue weighted by Crippen LogP contribution is -2.22. The van der Waals surface area contributed by atoms with Crippen LogP contribution in [0.4, 0.5) is 10.1 Å². The van der Waals surface area contributed by atoms with Crippen molar-refractivity contribution in [3.05, 3.63) is 77.2 Å². The van der Waals surface area contributed by atoms with E-state index in [4.69, 9.17) is 0 Å². The Morgan fingerprint density at radius 3 is 2.41 bits per heavy atom. The molecular formula is C21H17FN4O2S. The number of amides is 2. The highest BCUT2D eigenvalue weighted by Gasteiger charge is 2.16. The molecule has 1 N–H and O–H groups in total. The summed E-state index contributed by atoms with van der Waals surface area (Å²) in [6.45, 7) is 0. The summed E-state index contributed by atoms with van der Waals surface area (Å²) in [5.41, 5.74) is 3.16. The third-order valence-electron chi connectivity index (χ3n) is 4.38. The topological polar surface area (TPSA) is 66.7 Å². The highest BCUT2D eigenvalue weighted by atomic mass is 32.1. The van der Waals surface area contributed by atoms with E-state index in [1.165, 1.54) is 40.5 Å². The third-order valence-corrected chi connectivity index (χ3v) is 5.22. The predicted molar refractivity (Wildman–Crippen MR) is 111 cm³/mol. The SMILES string of the molecule is CN(C)C(=O)c1csc2nc(-c3ccc(NC(=O)c4ccc(F)cc4)cc3)cn12. The zero-order chi connectivity index (χ0) is 20.5. The Kier molecular flexibility index (Phi) is 4.85. The van der Waals surface area contributed by atoms with Crippen LogP contribution in [0.1, 0.15) is 20.8 Å². The van der Waals surface area contributed by atoms with Crippen LogP contribution in [-0.4, -0.2) is 40.2 Å². The van der Waals surface area contributed by atoms with Crippen molar-refractivity contribution in [3.63, 3.8) is 0 Å². The molecule has 2 amide bonds. The van der Waals surface area contributed by atoms with Crippen LogP contribution in [0.25, 0.3) is 16.2 Å². The van der Waals surface area contributed by atoms with Gasteiger partial charge in [-0.25, -0.2) is 9.37 Å². The van der Waals surface area contributed by atoms with Crippen molar-refractivity contribution in [1.82, 2.24) is 14.3 Å². The summed E-state index contributed by atoms with van der Waals surface area (Å²) in [4.78, 5) is 31.3. The molecule has 0 spiro atoms. The molecule has 0 aliphatic heterocycles. The Morgan fingerprint density at radius 1 is 1.07 bits per heavy atom. The normalized spacial score (nSPS) is 10.9. The molecule has 8 heteroatoms. The summed E-state index contributed by atoms with van der Waals surface area (Å²) in [5, 5.41) is 4.57. The lowest BCUT2D eigenvalue weighted by Gasteiger charge is -2.08. The van der Waals surface area contributed by atoms with Gasteiger partial charge in [0.1, 0.15) is 11.5 Å². The number of aromatic nitrogens is 2. The van der Waals surface area contributed by atoms with Crippen molar-refractivity contribution in [2.45, 2.75) is 0 Å². The zero-order valence-electron chi connectivity index (χ0n) is 15.7. The van der Waals surface area contributed by atoms with Crippen LogP contribution in [-0.2, 0) is 0 Å². The molecular weight excluding hydrogens is 391 g/mol. The lowest BCUT2D eigenvalue weighted by molar-refractivity contribution is 0.0821. The number of anilines is 1. The maximum absolute atomic E-state index is 13.0. The minimum absolute atomic E-state index is 0.0842. The van der Waals surface area contributed by atoms with E-state index < -0.39 is 0 Å². The van der Waals surface area contributed by atoms with Gasteiger partial charge in [-0.3, -0.25) is 14.0 Å². The second-order valence-corrected chi connectivity index (χ2v) is 7.47. The van der Waals surface area contributed by atoms with Crippen LogP contribution in [0.3, 0.4) is 0 Å². The summed E-state index contributed by atoms with van der Waals surface area (Å²) in [5.74, 6) is -0.785. The molecule has 0 radical (unpaired) electrons. The van der Waals surface area contributed by atoms with Crippen molar-refractivity contribution in [3.8, 4) is 11.3 Å². The number of nitrogens with zero attached hydrogens (tertiary/aromatic N) is 3. The van der Waals surface area contributed by atoms with E-state index in [9.17, 15) is 14.0 Å². The summed E-state index contributed by atoms with van der Waals surface area (Å²) < 4.78 is 14.8. The van der Waals surface area contributed by atoms with Crippen molar-refractivity contribution in [2.24, 2.45) is 0 Å². The zero-order valence-corrected chi connectivity index (χ0v) is 16.5. The molecule has 0 bridgehead atoms. The number of carbonyl (C=O) groups is 2. The van der Waals surface area contributed by atoms with Gasteiger partial charge in [-0.05, 0) is 36.4 Å². The molecule has 2 heterocycles. The Hall–Kier alpha value is -3.52. The van der Waals surface area contributed by atoms with Crippen molar-refractivity contribution < 1.29 is 14.0 Å². The van der Waals surface area contributed by atoms with Gasteiger partial charge in [-0.2, -0.15) is 0 Å². The van der Waals surface area contributed by atoms with Gasteiger partial charge in [0, 0.05) is 42.5 Å². The first-order chi connectivity index (χ1) is 13.9. The van der Waals surface area contributed by atoms with Gasteiger partial charge < -0.3 is 10.2 Å². The number of halogens is 1. The molecule has 29 heavy (non-hydrogen) atoms. The molecule has 6 nitrogen and oxygen atoms in total. The highest BCUT2D eigenvalue weighted by Crippen LogP contribution is 2.25. The van der Waals surface area contributed by atoms with Gasteiger partial charge in [0.2, 0.25) is 0 Å². The lowest BCUT2D eigenvalue weighted by atomic mass is 10.1. The predicted octanol–water partition coefficient (Wildman–Crippen LogP) is 4.16. The van der Waals surface area contributed by atoms with Crippen LogP contribution >= 0.6 is 11.3 Å². The second kappa shape index (κ2) is 7.48. The Bertz CT molecular complexity index is 1190. The molecule has 0 saturated heterocycles. The minimum atomic E-state index is -0.388. The molecule has 2 aromatic carbocycles. The first kappa shape index (κ1) is 18.8.